The van der Waals surface area contributed by atoms with Gasteiger partial charge < -0.3 is 10.1 Å². The molecule has 1 aromatic heterocycles. The molecule has 0 aliphatic heterocycles. The third kappa shape index (κ3) is 4.02. The van der Waals surface area contributed by atoms with Gasteiger partial charge in [0, 0.05) is 27.8 Å². The van der Waals surface area contributed by atoms with E-state index < -0.39 is 0 Å². The molecule has 0 saturated carbocycles. The van der Waals surface area contributed by atoms with Crippen LogP contribution in [0.15, 0.2) is 78.9 Å². The predicted molar refractivity (Wildman–Crippen MR) is 107 cm³/mol. The molecule has 3 aromatic carbocycles. The molecule has 0 atom stereocenters. The van der Waals surface area contributed by atoms with Gasteiger partial charge in [-0.1, -0.05) is 41.9 Å². The van der Waals surface area contributed by atoms with E-state index in [1.165, 1.54) is 11.5 Å². The van der Waals surface area contributed by atoms with Crippen molar-refractivity contribution < 1.29 is 4.74 Å². The summed E-state index contributed by atoms with van der Waals surface area (Å²) in [6, 6.07) is 24.9. The Morgan fingerprint density at radius 1 is 0.808 bits per heavy atom. The fraction of sp³-hybridized carbons (Fsp3) is 0. The summed E-state index contributed by atoms with van der Waals surface area (Å²) < 4.78 is 10.2. The molecule has 0 saturated heterocycles. The minimum atomic E-state index is 0.684. The second-order valence-corrected chi connectivity index (χ2v) is 6.68. The molecule has 0 bridgehead atoms. The third-order valence-electron chi connectivity index (χ3n) is 3.61. The van der Waals surface area contributed by atoms with E-state index in [1.54, 1.807) is 12.1 Å². The van der Waals surface area contributed by atoms with E-state index in [-0.39, 0.29) is 0 Å². The lowest BCUT2D eigenvalue weighted by Crippen LogP contribution is -1.90. The molecule has 4 rings (SSSR count). The van der Waals surface area contributed by atoms with Crippen LogP contribution in [0, 0.1) is 0 Å². The number of nitrogens with one attached hydrogen (secondary N) is 1. The Hall–Kier alpha value is -2.89. The highest BCUT2D eigenvalue weighted by molar-refractivity contribution is 7.09. The molecule has 0 fully saturated rings. The van der Waals surface area contributed by atoms with E-state index in [0.717, 1.165) is 33.7 Å². The fourth-order valence-electron chi connectivity index (χ4n) is 2.35. The summed E-state index contributed by atoms with van der Waals surface area (Å²) in [4.78, 5) is 4.53. The molecule has 6 heteroatoms. The molecule has 26 heavy (non-hydrogen) atoms. The van der Waals surface area contributed by atoms with E-state index in [2.05, 4.69) is 14.7 Å². The van der Waals surface area contributed by atoms with Crippen LogP contribution in [0.5, 0.6) is 11.5 Å². The van der Waals surface area contributed by atoms with E-state index in [1.807, 2.05) is 66.7 Å². The zero-order valence-corrected chi connectivity index (χ0v) is 15.2. The number of benzene rings is 3. The molecule has 0 spiro atoms. The van der Waals surface area contributed by atoms with Crippen molar-refractivity contribution in [2.75, 3.05) is 5.32 Å². The van der Waals surface area contributed by atoms with Crippen LogP contribution >= 0.6 is 23.1 Å². The van der Waals surface area contributed by atoms with Crippen molar-refractivity contribution in [2.45, 2.75) is 0 Å². The van der Waals surface area contributed by atoms with E-state index >= 15 is 0 Å². The van der Waals surface area contributed by atoms with Gasteiger partial charge in [-0.25, -0.2) is 0 Å². The van der Waals surface area contributed by atoms with Crippen molar-refractivity contribution in [1.82, 2.24) is 9.36 Å². The molecule has 0 aliphatic rings. The third-order valence-corrected chi connectivity index (χ3v) is 4.50. The Labute approximate surface area is 160 Å². The van der Waals surface area contributed by atoms with Gasteiger partial charge in [0.05, 0.1) is 0 Å². The number of aromatic nitrogens is 2. The van der Waals surface area contributed by atoms with Crippen LogP contribution in [0.25, 0.3) is 11.4 Å². The van der Waals surface area contributed by atoms with Crippen LogP contribution < -0.4 is 10.1 Å². The first-order valence-corrected chi connectivity index (χ1v) is 9.11. The summed E-state index contributed by atoms with van der Waals surface area (Å²) in [5.41, 5.74) is 1.92. The minimum absolute atomic E-state index is 0.684. The van der Waals surface area contributed by atoms with Gasteiger partial charge in [-0.15, -0.1) is 0 Å². The van der Waals surface area contributed by atoms with Crippen molar-refractivity contribution in [3.8, 4) is 22.9 Å². The quantitative estimate of drug-likeness (QED) is 0.436. The maximum absolute atomic E-state index is 5.88. The Kier molecular flexibility index (Phi) is 4.82. The van der Waals surface area contributed by atoms with Gasteiger partial charge >= 0.3 is 0 Å². The highest BCUT2D eigenvalue weighted by Crippen LogP contribution is 2.27. The van der Waals surface area contributed by atoms with Crippen molar-refractivity contribution in [2.24, 2.45) is 0 Å². The van der Waals surface area contributed by atoms with Crippen LogP contribution in [0.3, 0.4) is 0 Å². The lowest BCUT2D eigenvalue weighted by Gasteiger charge is -2.07. The summed E-state index contributed by atoms with van der Waals surface area (Å²) in [6.45, 7) is 0. The lowest BCUT2D eigenvalue weighted by molar-refractivity contribution is 0.483. The number of hydrogen-bond acceptors (Lipinski definition) is 5. The monoisotopic (exact) mass is 379 g/mol. The predicted octanol–water partition coefficient (Wildman–Crippen LogP) is 6.39. The molecular weight excluding hydrogens is 366 g/mol. The average molecular weight is 380 g/mol. The zero-order chi connectivity index (χ0) is 17.8. The summed E-state index contributed by atoms with van der Waals surface area (Å²) in [5.74, 6) is 2.22. The molecule has 1 N–H and O–H groups in total. The van der Waals surface area contributed by atoms with Crippen molar-refractivity contribution in [3.05, 3.63) is 83.9 Å². The normalized spacial score (nSPS) is 10.5. The van der Waals surface area contributed by atoms with Gasteiger partial charge in [-0.05, 0) is 48.5 Å². The SMILES string of the molecule is Clc1ccc(Oc2ccc(Nc3nc(-c4ccccc4)ns3)cc2)cc1. The first-order chi connectivity index (χ1) is 12.8. The molecule has 0 unspecified atom stereocenters. The van der Waals surface area contributed by atoms with Gasteiger partial charge in [-0.2, -0.15) is 9.36 Å². The van der Waals surface area contributed by atoms with Gasteiger partial charge in [0.1, 0.15) is 11.5 Å². The molecule has 0 radical (unpaired) electrons. The summed E-state index contributed by atoms with van der Waals surface area (Å²) in [7, 11) is 0. The highest BCUT2D eigenvalue weighted by atomic mass is 35.5. The molecular formula is C20H14ClN3OS. The second kappa shape index (κ2) is 7.56. The minimum Gasteiger partial charge on any atom is -0.457 e. The topological polar surface area (TPSA) is 47.0 Å². The molecule has 0 aliphatic carbocycles. The Morgan fingerprint density at radius 3 is 2.15 bits per heavy atom. The van der Waals surface area contributed by atoms with Gasteiger partial charge in [-0.3, -0.25) is 0 Å². The van der Waals surface area contributed by atoms with Crippen molar-refractivity contribution in [3.63, 3.8) is 0 Å². The van der Waals surface area contributed by atoms with Crippen LogP contribution in [0.1, 0.15) is 0 Å². The molecule has 128 valence electrons. The van der Waals surface area contributed by atoms with Gasteiger partial charge in [0.2, 0.25) is 5.13 Å². The first kappa shape index (κ1) is 16.6. The number of nitrogens with zero attached hydrogens (tertiary/aromatic N) is 2. The van der Waals surface area contributed by atoms with Crippen LogP contribution in [0.4, 0.5) is 10.8 Å². The molecule has 0 amide bonds. The Bertz CT molecular complexity index is 986. The second-order valence-electron chi connectivity index (χ2n) is 5.49. The number of rotatable bonds is 5. The average Bonchev–Trinajstić information content (AvgIpc) is 3.14. The van der Waals surface area contributed by atoms with Crippen LogP contribution in [-0.2, 0) is 0 Å². The number of hydrogen-bond donors (Lipinski definition) is 1. The zero-order valence-electron chi connectivity index (χ0n) is 13.6. The molecule has 4 aromatic rings. The maximum Gasteiger partial charge on any atom is 0.207 e. The van der Waals surface area contributed by atoms with Gasteiger partial charge in [0.25, 0.3) is 0 Å². The number of ether oxygens (including phenoxy) is 1. The first-order valence-electron chi connectivity index (χ1n) is 7.96. The van der Waals surface area contributed by atoms with E-state index in [0.29, 0.717) is 5.02 Å². The van der Waals surface area contributed by atoms with Crippen LogP contribution in [0.2, 0.25) is 5.02 Å². The highest BCUT2D eigenvalue weighted by Gasteiger charge is 2.06. The van der Waals surface area contributed by atoms with Crippen LogP contribution in [-0.4, -0.2) is 9.36 Å². The van der Waals surface area contributed by atoms with Gasteiger partial charge in [0.15, 0.2) is 5.82 Å². The largest absolute Gasteiger partial charge is 0.457 e. The molecule has 4 nitrogen and oxygen atoms in total. The Morgan fingerprint density at radius 2 is 1.46 bits per heavy atom. The lowest BCUT2D eigenvalue weighted by atomic mass is 10.2. The van der Waals surface area contributed by atoms with Crippen molar-refractivity contribution in [1.29, 1.82) is 0 Å². The molecule has 1 heterocycles. The number of halogens is 1. The summed E-state index contributed by atoms with van der Waals surface area (Å²) >= 11 is 7.21. The number of anilines is 2. The Balaban J connectivity index is 1.43. The summed E-state index contributed by atoms with van der Waals surface area (Å²) in [6.07, 6.45) is 0. The van der Waals surface area contributed by atoms with Crippen molar-refractivity contribution >= 4 is 34.0 Å². The maximum atomic E-state index is 5.88. The fourth-order valence-corrected chi connectivity index (χ4v) is 3.08. The van der Waals surface area contributed by atoms with E-state index in [4.69, 9.17) is 16.3 Å². The smallest absolute Gasteiger partial charge is 0.207 e. The standard InChI is InChI=1S/C20H14ClN3OS/c21-15-6-10-17(11-7-15)25-18-12-8-16(9-13-18)22-20-23-19(24-26-20)14-4-2-1-3-5-14/h1-13H,(H,22,23,24). The van der Waals surface area contributed by atoms with E-state index in [9.17, 15) is 0 Å². The summed E-state index contributed by atoms with van der Waals surface area (Å²) in [5, 5.41) is 4.69.